The summed E-state index contributed by atoms with van der Waals surface area (Å²) in [5.74, 6) is 4.53. The van der Waals surface area contributed by atoms with E-state index in [2.05, 4.69) is 21.2 Å². The van der Waals surface area contributed by atoms with E-state index < -0.39 is 0 Å². The lowest BCUT2D eigenvalue weighted by Gasteiger charge is -2.12. The zero-order valence-corrected chi connectivity index (χ0v) is 14.1. The summed E-state index contributed by atoms with van der Waals surface area (Å²) in [6, 6.07) is 11.2. The SMILES string of the molecule is C#Cc1cccc(Nc2ncnc3cc(OC)c(OC)cc23)c1.Cl. The quantitative estimate of drug-likeness (QED) is 0.732. The monoisotopic (exact) mass is 341 g/mol. The van der Waals surface area contributed by atoms with Gasteiger partial charge in [-0.25, -0.2) is 9.97 Å². The number of anilines is 2. The predicted octanol–water partition coefficient (Wildman–Crippen LogP) is 3.79. The van der Waals surface area contributed by atoms with Crippen molar-refractivity contribution in [3.8, 4) is 23.8 Å². The van der Waals surface area contributed by atoms with Gasteiger partial charge < -0.3 is 14.8 Å². The molecule has 6 heteroatoms. The van der Waals surface area contributed by atoms with Crippen molar-refractivity contribution in [3.63, 3.8) is 0 Å². The fourth-order valence-electron chi connectivity index (χ4n) is 2.31. The molecule has 0 aliphatic carbocycles. The maximum Gasteiger partial charge on any atom is 0.162 e. The van der Waals surface area contributed by atoms with Gasteiger partial charge in [-0.3, -0.25) is 0 Å². The van der Waals surface area contributed by atoms with Crippen molar-refractivity contribution in [2.24, 2.45) is 0 Å². The fraction of sp³-hybridized carbons (Fsp3) is 0.111. The molecule has 0 aliphatic rings. The van der Waals surface area contributed by atoms with Gasteiger partial charge in [0.2, 0.25) is 0 Å². The zero-order valence-electron chi connectivity index (χ0n) is 13.2. The number of fused-ring (bicyclic) bond motifs is 1. The Morgan fingerprint density at radius 2 is 1.79 bits per heavy atom. The summed E-state index contributed by atoms with van der Waals surface area (Å²) in [5, 5.41) is 4.10. The van der Waals surface area contributed by atoms with Crippen LogP contribution in [0, 0.1) is 12.3 Å². The van der Waals surface area contributed by atoms with Crippen molar-refractivity contribution in [1.29, 1.82) is 0 Å². The molecule has 1 heterocycles. The van der Waals surface area contributed by atoms with Crippen LogP contribution in [0.25, 0.3) is 10.9 Å². The standard InChI is InChI=1S/C18H15N3O2.ClH/c1-4-12-6-5-7-13(8-12)21-18-14-9-16(22-2)17(23-3)10-15(14)19-11-20-18;/h1,5-11H,2-3H3,(H,19,20,21);1H. The van der Waals surface area contributed by atoms with Crippen molar-refractivity contribution in [3.05, 3.63) is 48.3 Å². The van der Waals surface area contributed by atoms with Gasteiger partial charge in [-0.1, -0.05) is 12.0 Å². The molecule has 0 saturated heterocycles. The maximum absolute atomic E-state index is 5.44. The largest absolute Gasteiger partial charge is 0.493 e. The van der Waals surface area contributed by atoms with E-state index in [0.717, 1.165) is 22.2 Å². The second-order valence-corrected chi connectivity index (χ2v) is 4.80. The Morgan fingerprint density at radius 1 is 1.04 bits per heavy atom. The van der Waals surface area contributed by atoms with E-state index in [4.69, 9.17) is 15.9 Å². The first-order valence-corrected chi connectivity index (χ1v) is 6.95. The molecule has 3 rings (SSSR count). The summed E-state index contributed by atoms with van der Waals surface area (Å²) < 4.78 is 10.7. The van der Waals surface area contributed by atoms with Crippen LogP contribution in [0.15, 0.2) is 42.7 Å². The predicted molar refractivity (Wildman–Crippen MR) is 97.5 cm³/mol. The topological polar surface area (TPSA) is 56.3 Å². The molecule has 1 N–H and O–H groups in total. The van der Waals surface area contributed by atoms with Gasteiger partial charge >= 0.3 is 0 Å². The number of nitrogens with one attached hydrogen (secondary N) is 1. The molecule has 0 unspecified atom stereocenters. The fourth-order valence-corrected chi connectivity index (χ4v) is 2.31. The molecular weight excluding hydrogens is 326 g/mol. The lowest BCUT2D eigenvalue weighted by Crippen LogP contribution is -1.98. The zero-order chi connectivity index (χ0) is 16.2. The van der Waals surface area contributed by atoms with E-state index in [1.54, 1.807) is 14.2 Å². The third-order valence-corrected chi connectivity index (χ3v) is 3.43. The number of hydrogen-bond acceptors (Lipinski definition) is 5. The van der Waals surface area contributed by atoms with Crippen LogP contribution < -0.4 is 14.8 Å². The molecule has 0 bridgehead atoms. The molecule has 0 aliphatic heterocycles. The van der Waals surface area contributed by atoms with Gasteiger partial charge in [0.25, 0.3) is 0 Å². The molecule has 0 saturated carbocycles. The lowest BCUT2D eigenvalue weighted by atomic mass is 10.2. The van der Waals surface area contributed by atoms with Crippen molar-refractivity contribution in [2.75, 3.05) is 19.5 Å². The van der Waals surface area contributed by atoms with Crippen LogP contribution in [0.2, 0.25) is 0 Å². The van der Waals surface area contributed by atoms with E-state index in [0.29, 0.717) is 17.3 Å². The van der Waals surface area contributed by atoms with Gasteiger partial charge in [-0.15, -0.1) is 18.8 Å². The van der Waals surface area contributed by atoms with Crippen molar-refractivity contribution in [1.82, 2.24) is 9.97 Å². The summed E-state index contributed by atoms with van der Waals surface area (Å²) in [6.07, 6.45) is 6.94. The third-order valence-electron chi connectivity index (χ3n) is 3.43. The molecule has 2 aromatic carbocycles. The first kappa shape index (κ1) is 17.4. The van der Waals surface area contributed by atoms with Gasteiger partial charge in [0, 0.05) is 22.7 Å². The molecule has 1 aromatic heterocycles. The van der Waals surface area contributed by atoms with E-state index in [1.807, 2.05) is 36.4 Å². The molecule has 5 nitrogen and oxygen atoms in total. The Labute approximate surface area is 146 Å². The van der Waals surface area contributed by atoms with Gasteiger partial charge in [0.15, 0.2) is 11.5 Å². The first-order valence-electron chi connectivity index (χ1n) is 6.95. The minimum absolute atomic E-state index is 0. The van der Waals surface area contributed by atoms with E-state index in [-0.39, 0.29) is 12.4 Å². The van der Waals surface area contributed by atoms with Crippen LogP contribution in [0.4, 0.5) is 11.5 Å². The number of aromatic nitrogens is 2. The molecule has 0 amide bonds. The average Bonchev–Trinajstić information content (AvgIpc) is 2.61. The molecule has 0 radical (unpaired) electrons. The Hall–Kier alpha value is -2.97. The first-order chi connectivity index (χ1) is 11.2. The Balaban J connectivity index is 0.00000208. The molecule has 0 fully saturated rings. The van der Waals surface area contributed by atoms with Crippen LogP contribution in [0.3, 0.4) is 0 Å². The van der Waals surface area contributed by atoms with Crippen molar-refractivity contribution >= 4 is 34.8 Å². The number of nitrogens with zero attached hydrogens (tertiary/aromatic N) is 2. The highest BCUT2D eigenvalue weighted by atomic mass is 35.5. The molecule has 24 heavy (non-hydrogen) atoms. The molecule has 0 spiro atoms. The number of hydrogen-bond donors (Lipinski definition) is 1. The summed E-state index contributed by atoms with van der Waals surface area (Å²) in [6.45, 7) is 0. The normalized spacial score (nSPS) is 9.71. The van der Waals surface area contributed by atoms with E-state index in [9.17, 15) is 0 Å². The van der Waals surface area contributed by atoms with Gasteiger partial charge in [0.05, 0.1) is 19.7 Å². The molecule has 0 atom stereocenters. The van der Waals surface area contributed by atoms with Gasteiger partial charge in [-0.2, -0.15) is 0 Å². The maximum atomic E-state index is 5.44. The highest BCUT2D eigenvalue weighted by molar-refractivity contribution is 5.93. The van der Waals surface area contributed by atoms with Crippen molar-refractivity contribution in [2.45, 2.75) is 0 Å². The second kappa shape index (κ2) is 7.53. The highest BCUT2D eigenvalue weighted by Crippen LogP contribution is 2.34. The van der Waals surface area contributed by atoms with Crippen LogP contribution in [0.1, 0.15) is 5.56 Å². The Kier molecular flexibility index (Phi) is 5.46. The minimum Gasteiger partial charge on any atom is -0.493 e. The highest BCUT2D eigenvalue weighted by Gasteiger charge is 2.11. The number of ether oxygens (including phenoxy) is 2. The number of benzene rings is 2. The summed E-state index contributed by atoms with van der Waals surface area (Å²) in [4.78, 5) is 8.60. The number of halogens is 1. The smallest absolute Gasteiger partial charge is 0.162 e. The average molecular weight is 342 g/mol. The molecule has 122 valence electrons. The van der Waals surface area contributed by atoms with Crippen LogP contribution in [-0.4, -0.2) is 24.2 Å². The summed E-state index contributed by atoms with van der Waals surface area (Å²) in [7, 11) is 3.19. The van der Waals surface area contributed by atoms with Crippen LogP contribution in [-0.2, 0) is 0 Å². The molecular formula is C18H16ClN3O2. The summed E-state index contributed by atoms with van der Waals surface area (Å²) in [5.41, 5.74) is 2.41. The third kappa shape index (κ3) is 3.34. The summed E-state index contributed by atoms with van der Waals surface area (Å²) >= 11 is 0. The number of rotatable bonds is 4. The Bertz CT molecular complexity index is 906. The molecule has 3 aromatic rings. The minimum atomic E-state index is 0. The van der Waals surface area contributed by atoms with Crippen molar-refractivity contribution < 1.29 is 9.47 Å². The van der Waals surface area contributed by atoms with Crippen LogP contribution in [0.5, 0.6) is 11.5 Å². The van der Waals surface area contributed by atoms with Gasteiger partial charge in [-0.05, 0) is 24.3 Å². The number of terminal acetylenes is 1. The van der Waals surface area contributed by atoms with E-state index in [1.165, 1.54) is 6.33 Å². The number of methoxy groups -OCH3 is 2. The Morgan fingerprint density at radius 3 is 2.50 bits per heavy atom. The van der Waals surface area contributed by atoms with E-state index >= 15 is 0 Å². The second-order valence-electron chi connectivity index (χ2n) is 4.80. The van der Waals surface area contributed by atoms with Crippen LogP contribution >= 0.6 is 12.4 Å². The van der Waals surface area contributed by atoms with Gasteiger partial charge in [0.1, 0.15) is 12.1 Å². The lowest BCUT2D eigenvalue weighted by molar-refractivity contribution is 0.356.